The van der Waals surface area contributed by atoms with E-state index in [9.17, 15) is 21.6 Å². The molecule has 2 aromatic rings. The van der Waals surface area contributed by atoms with Crippen LogP contribution in [0.25, 0.3) is 0 Å². The lowest BCUT2D eigenvalue weighted by Gasteiger charge is -2.20. The molecule has 4 rings (SSSR count). The number of hydrogen-bond donors (Lipinski definition) is 1. The van der Waals surface area contributed by atoms with Crippen LogP contribution in [0.4, 0.5) is 11.4 Å². The number of carbonyl (C=O) groups is 1. The highest BCUT2D eigenvalue weighted by molar-refractivity contribution is 7.92. The summed E-state index contributed by atoms with van der Waals surface area (Å²) < 4.78 is 66.9. The molecule has 0 aromatic heterocycles. The molecule has 0 aliphatic carbocycles. The molecule has 2 heterocycles. The van der Waals surface area contributed by atoms with Gasteiger partial charge in [-0.15, -0.1) is 0 Å². The van der Waals surface area contributed by atoms with Gasteiger partial charge in [0, 0.05) is 26.1 Å². The standard InChI is InChI=1S/C22H27N3O7S2/c1-31-20-9-8-17(34(29,30)24-11-3-4-12-24)14-18(20)23-33(27,28)16-7-10-21(32-2)19(15-16)25-13-5-6-22(25)26/h7-10,14-15,23H,3-6,11-13H2,1-2H3. The van der Waals surface area contributed by atoms with Gasteiger partial charge in [-0.2, -0.15) is 4.31 Å². The average Bonchev–Trinajstić information content (AvgIpc) is 3.51. The summed E-state index contributed by atoms with van der Waals surface area (Å²) in [6, 6.07) is 8.31. The molecule has 34 heavy (non-hydrogen) atoms. The molecular weight excluding hydrogens is 482 g/mol. The summed E-state index contributed by atoms with van der Waals surface area (Å²) in [5.74, 6) is 0.445. The van der Waals surface area contributed by atoms with Crippen molar-refractivity contribution in [2.75, 3.05) is 43.5 Å². The molecule has 10 nitrogen and oxygen atoms in total. The van der Waals surface area contributed by atoms with E-state index in [0.29, 0.717) is 43.9 Å². The minimum Gasteiger partial charge on any atom is -0.495 e. The molecular formula is C22H27N3O7S2. The van der Waals surface area contributed by atoms with Crippen molar-refractivity contribution in [3.05, 3.63) is 36.4 Å². The largest absolute Gasteiger partial charge is 0.495 e. The zero-order chi connectivity index (χ0) is 24.5. The lowest BCUT2D eigenvalue weighted by molar-refractivity contribution is -0.117. The van der Waals surface area contributed by atoms with Gasteiger partial charge in [0.15, 0.2) is 0 Å². The number of carbonyl (C=O) groups excluding carboxylic acids is 1. The van der Waals surface area contributed by atoms with Crippen molar-refractivity contribution in [3.63, 3.8) is 0 Å². The molecule has 1 amide bonds. The Balaban J connectivity index is 1.70. The van der Waals surface area contributed by atoms with Gasteiger partial charge in [0.2, 0.25) is 15.9 Å². The number of amides is 1. The summed E-state index contributed by atoms with van der Waals surface area (Å²) in [5.41, 5.74) is 0.364. The highest BCUT2D eigenvalue weighted by Crippen LogP contribution is 2.36. The maximum Gasteiger partial charge on any atom is 0.262 e. The van der Waals surface area contributed by atoms with Gasteiger partial charge in [0.25, 0.3) is 10.0 Å². The van der Waals surface area contributed by atoms with Crippen LogP contribution in [-0.2, 0) is 24.8 Å². The van der Waals surface area contributed by atoms with E-state index in [2.05, 4.69) is 4.72 Å². The van der Waals surface area contributed by atoms with Crippen molar-refractivity contribution in [1.29, 1.82) is 0 Å². The van der Waals surface area contributed by atoms with Gasteiger partial charge in [-0.3, -0.25) is 9.52 Å². The fourth-order valence-electron chi connectivity index (χ4n) is 4.16. The highest BCUT2D eigenvalue weighted by Gasteiger charge is 2.30. The van der Waals surface area contributed by atoms with Crippen LogP contribution in [0.15, 0.2) is 46.2 Å². The molecule has 0 radical (unpaired) electrons. The monoisotopic (exact) mass is 509 g/mol. The molecule has 2 fully saturated rings. The zero-order valence-corrected chi connectivity index (χ0v) is 20.6. The lowest BCUT2D eigenvalue weighted by atomic mass is 10.2. The van der Waals surface area contributed by atoms with Gasteiger partial charge in [-0.25, -0.2) is 16.8 Å². The number of nitrogens with one attached hydrogen (secondary N) is 1. The average molecular weight is 510 g/mol. The normalized spacial score (nSPS) is 17.2. The van der Waals surface area contributed by atoms with Crippen LogP contribution in [0.3, 0.4) is 0 Å². The summed E-state index contributed by atoms with van der Waals surface area (Å²) in [4.78, 5) is 13.6. The molecule has 0 unspecified atom stereocenters. The first-order valence-electron chi connectivity index (χ1n) is 10.9. The van der Waals surface area contributed by atoms with Gasteiger partial charge in [0.05, 0.1) is 35.4 Å². The number of benzene rings is 2. The Morgan fingerprint density at radius 2 is 1.47 bits per heavy atom. The third kappa shape index (κ3) is 4.57. The fraction of sp³-hybridized carbons (Fsp3) is 0.409. The maximum atomic E-state index is 13.3. The summed E-state index contributed by atoms with van der Waals surface area (Å²) in [7, 11) is -5.10. The minimum atomic E-state index is -4.15. The summed E-state index contributed by atoms with van der Waals surface area (Å²) in [6.45, 7) is 1.33. The molecule has 0 spiro atoms. The zero-order valence-electron chi connectivity index (χ0n) is 19.0. The molecule has 0 atom stereocenters. The Morgan fingerprint density at radius 3 is 2.09 bits per heavy atom. The van der Waals surface area contributed by atoms with Gasteiger partial charge >= 0.3 is 0 Å². The van der Waals surface area contributed by atoms with E-state index in [1.54, 1.807) is 0 Å². The van der Waals surface area contributed by atoms with Crippen molar-refractivity contribution in [2.45, 2.75) is 35.5 Å². The van der Waals surface area contributed by atoms with E-state index < -0.39 is 20.0 Å². The molecule has 2 aromatic carbocycles. The maximum absolute atomic E-state index is 13.3. The predicted molar refractivity (Wildman–Crippen MR) is 126 cm³/mol. The minimum absolute atomic E-state index is 0.00242. The molecule has 12 heteroatoms. The lowest BCUT2D eigenvalue weighted by Crippen LogP contribution is -2.28. The van der Waals surface area contributed by atoms with Gasteiger partial charge < -0.3 is 14.4 Å². The quantitative estimate of drug-likeness (QED) is 0.580. The number of hydrogen-bond acceptors (Lipinski definition) is 7. The molecule has 2 aliphatic rings. The van der Waals surface area contributed by atoms with Crippen LogP contribution in [-0.4, -0.2) is 60.9 Å². The third-order valence-corrected chi connectivity index (χ3v) is 9.20. The fourth-order valence-corrected chi connectivity index (χ4v) is 6.78. The first-order valence-corrected chi connectivity index (χ1v) is 13.8. The Bertz CT molecular complexity index is 1300. The topological polar surface area (TPSA) is 122 Å². The van der Waals surface area contributed by atoms with Crippen molar-refractivity contribution in [3.8, 4) is 11.5 Å². The van der Waals surface area contributed by atoms with E-state index in [4.69, 9.17) is 9.47 Å². The van der Waals surface area contributed by atoms with Crippen LogP contribution in [0.1, 0.15) is 25.7 Å². The molecule has 184 valence electrons. The van der Waals surface area contributed by atoms with E-state index in [0.717, 1.165) is 12.8 Å². The smallest absolute Gasteiger partial charge is 0.262 e. The number of anilines is 2. The van der Waals surface area contributed by atoms with Crippen LogP contribution in [0, 0.1) is 0 Å². The Morgan fingerprint density at radius 1 is 0.824 bits per heavy atom. The Labute approximate surface area is 199 Å². The number of sulfonamides is 2. The predicted octanol–water partition coefficient (Wildman–Crippen LogP) is 2.42. The third-order valence-electron chi connectivity index (χ3n) is 5.94. The number of rotatable bonds is 8. The van der Waals surface area contributed by atoms with Crippen LogP contribution >= 0.6 is 0 Å². The molecule has 2 saturated heterocycles. The van der Waals surface area contributed by atoms with Crippen LogP contribution < -0.4 is 19.1 Å². The van der Waals surface area contributed by atoms with Crippen LogP contribution in [0.5, 0.6) is 11.5 Å². The SMILES string of the molecule is COc1ccc(S(=O)(=O)N2CCCC2)cc1NS(=O)(=O)c1ccc(OC)c(N2CCCC2=O)c1. The van der Waals surface area contributed by atoms with Crippen molar-refractivity contribution < 1.29 is 31.1 Å². The van der Waals surface area contributed by atoms with Crippen molar-refractivity contribution in [1.82, 2.24) is 4.31 Å². The van der Waals surface area contributed by atoms with E-state index in [1.807, 2.05) is 0 Å². The van der Waals surface area contributed by atoms with Crippen molar-refractivity contribution >= 4 is 37.3 Å². The van der Waals surface area contributed by atoms with Gasteiger partial charge in [0.1, 0.15) is 11.5 Å². The first kappa shape index (κ1) is 24.3. The molecule has 0 saturated carbocycles. The number of methoxy groups -OCH3 is 2. The summed E-state index contributed by atoms with van der Waals surface area (Å²) in [6.07, 6.45) is 2.63. The summed E-state index contributed by atoms with van der Waals surface area (Å²) >= 11 is 0. The summed E-state index contributed by atoms with van der Waals surface area (Å²) in [5, 5.41) is 0. The number of ether oxygens (including phenoxy) is 2. The van der Waals surface area contributed by atoms with Crippen molar-refractivity contribution in [2.24, 2.45) is 0 Å². The van der Waals surface area contributed by atoms with Gasteiger partial charge in [-0.05, 0) is 55.7 Å². The highest BCUT2D eigenvalue weighted by atomic mass is 32.2. The molecule has 1 N–H and O–H groups in total. The second-order valence-electron chi connectivity index (χ2n) is 8.06. The van der Waals surface area contributed by atoms with Gasteiger partial charge in [-0.1, -0.05) is 0 Å². The van der Waals surface area contributed by atoms with E-state index in [1.165, 1.54) is 59.8 Å². The Hall–Kier alpha value is -2.83. The second-order valence-corrected chi connectivity index (χ2v) is 11.7. The molecule has 2 aliphatic heterocycles. The molecule has 0 bridgehead atoms. The van der Waals surface area contributed by atoms with E-state index >= 15 is 0 Å². The van der Waals surface area contributed by atoms with E-state index in [-0.39, 0.29) is 27.1 Å². The first-order chi connectivity index (χ1) is 16.2. The second kappa shape index (κ2) is 9.43. The Kier molecular flexibility index (Phi) is 6.74. The van der Waals surface area contributed by atoms with Crippen LogP contribution in [0.2, 0.25) is 0 Å². The number of nitrogens with zero attached hydrogens (tertiary/aromatic N) is 2.